The minimum absolute atomic E-state index is 0.135. The number of hydrogen-bond donors (Lipinski definition) is 1. The number of hydrogen-bond acceptors (Lipinski definition) is 6. The van der Waals surface area contributed by atoms with Crippen LogP contribution in [0.1, 0.15) is 17.2 Å². The van der Waals surface area contributed by atoms with E-state index in [4.69, 9.17) is 9.47 Å². The number of ether oxygens (including phenoxy) is 2. The topological polar surface area (TPSA) is 98.6 Å². The van der Waals surface area contributed by atoms with Crippen LogP contribution in [-0.4, -0.2) is 41.0 Å². The first kappa shape index (κ1) is 26.4. The molecule has 0 fully saturated rings. The summed E-state index contributed by atoms with van der Waals surface area (Å²) in [5.74, 6) is 0.0797. The molecular weight excluding hydrogens is 506 g/mol. The summed E-state index contributed by atoms with van der Waals surface area (Å²) in [5.41, 5.74) is 3.34. The summed E-state index contributed by atoms with van der Waals surface area (Å²) in [7, 11) is 3.04. The van der Waals surface area contributed by atoms with Crippen molar-refractivity contribution in [2.24, 2.45) is 0 Å². The number of fused-ring (bicyclic) bond motifs is 1. The highest BCUT2D eigenvalue weighted by molar-refractivity contribution is 6.02. The Labute approximate surface area is 231 Å². The summed E-state index contributed by atoms with van der Waals surface area (Å²) in [6, 6.07) is 30.3. The van der Waals surface area contributed by atoms with Crippen LogP contribution in [0.15, 0.2) is 103 Å². The highest BCUT2D eigenvalue weighted by Crippen LogP contribution is 2.39. The molecule has 5 aromatic rings. The largest absolute Gasteiger partial charge is 0.493 e. The number of carbonyl (C=O) groups excluding carboxylic acids is 2. The monoisotopic (exact) mass is 535 g/mol. The van der Waals surface area contributed by atoms with Crippen LogP contribution in [0.2, 0.25) is 0 Å². The summed E-state index contributed by atoms with van der Waals surface area (Å²) < 4.78 is 12.8. The molecule has 5 rings (SSSR count). The molecule has 2 amide bonds. The zero-order chi connectivity index (χ0) is 27.9. The molecule has 1 atom stereocenters. The Morgan fingerprint density at radius 2 is 1.55 bits per heavy atom. The first-order chi connectivity index (χ1) is 19.6. The molecule has 0 aliphatic rings. The number of rotatable bonds is 10. The average Bonchev–Trinajstić information content (AvgIpc) is 3.41. The zero-order valence-electron chi connectivity index (χ0n) is 22.2. The quantitative estimate of drug-likeness (QED) is 0.282. The van der Waals surface area contributed by atoms with Gasteiger partial charge in [-0.3, -0.25) is 14.5 Å². The lowest BCUT2D eigenvalue weighted by molar-refractivity contribution is -0.127. The standard InChI is InChI=1S/C31H29N5O4/c1-39-27-19-11-16-24(30(27)40-2)29(31(38)32-20-22-12-5-3-6-13-22)36(23-14-7-4-8-15-23)28(37)21-35-26-18-10-9-17-25(26)33-34-35/h3-19,29H,20-21H2,1-2H3,(H,32,38). The second kappa shape index (κ2) is 12.1. The van der Waals surface area contributed by atoms with Crippen molar-refractivity contribution in [1.82, 2.24) is 20.3 Å². The maximum absolute atomic E-state index is 14.2. The molecule has 1 aromatic heterocycles. The zero-order valence-corrected chi connectivity index (χ0v) is 22.2. The summed E-state index contributed by atoms with van der Waals surface area (Å²) >= 11 is 0. The predicted molar refractivity (Wildman–Crippen MR) is 152 cm³/mol. The number of carbonyl (C=O) groups is 2. The van der Waals surface area contributed by atoms with Gasteiger partial charge in [0, 0.05) is 17.8 Å². The first-order valence-corrected chi connectivity index (χ1v) is 12.8. The van der Waals surface area contributed by atoms with Crippen LogP contribution in [0.4, 0.5) is 5.69 Å². The van der Waals surface area contributed by atoms with E-state index in [1.807, 2.05) is 72.8 Å². The van der Waals surface area contributed by atoms with Crippen LogP contribution in [0.25, 0.3) is 11.0 Å². The first-order valence-electron chi connectivity index (χ1n) is 12.8. The fourth-order valence-corrected chi connectivity index (χ4v) is 4.67. The van der Waals surface area contributed by atoms with Crippen LogP contribution in [0, 0.1) is 0 Å². The minimum atomic E-state index is -1.08. The number of nitrogens with one attached hydrogen (secondary N) is 1. The molecule has 0 bridgehead atoms. The van der Waals surface area contributed by atoms with E-state index in [0.29, 0.717) is 33.8 Å². The summed E-state index contributed by atoms with van der Waals surface area (Å²) in [5, 5.41) is 11.4. The van der Waals surface area contributed by atoms with Crippen molar-refractivity contribution in [2.75, 3.05) is 19.1 Å². The highest BCUT2D eigenvalue weighted by atomic mass is 16.5. The average molecular weight is 536 g/mol. The number of methoxy groups -OCH3 is 2. The molecule has 1 unspecified atom stereocenters. The lowest BCUT2D eigenvalue weighted by atomic mass is 10.0. The third kappa shape index (κ3) is 5.49. The Hall–Kier alpha value is -5.18. The van der Waals surface area contributed by atoms with Gasteiger partial charge in [-0.05, 0) is 35.9 Å². The Morgan fingerprint density at radius 3 is 2.27 bits per heavy atom. The maximum atomic E-state index is 14.2. The van der Waals surface area contributed by atoms with Gasteiger partial charge in [-0.25, -0.2) is 4.68 Å². The van der Waals surface area contributed by atoms with Crippen molar-refractivity contribution in [3.05, 3.63) is 114 Å². The third-order valence-corrected chi connectivity index (χ3v) is 6.55. The molecule has 0 saturated carbocycles. The van der Waals surface area contributed by atoms with Crippen molar-refractivity contribution in [1.29, 1.82) is 0 Å². The molecule has 0 aliphatic heterocycles. The number of benzene rings is 4. The maximum Gasteiger partial charge on any atom is 0.249 e. The molecule has 202 valence electrons. The Morgan fingerprint density at radius 1 is 0.850 bits per heavy atom. The number of amides is 2. The van der Waals surface area contributed by atoms with Gasteiger partial charge in [0.05, 0.1) is 19.7 Å². The number of nitrogens with zero attached hydrogens (tertiary/aromatic N) is 4. The molecule has 9 nitrogen and oxygen atoms in total. The van der Waals surface area contributed by atoms with Crippen molar-refractivity contribution in [3.8, 4) is 11.5 Å². The Bertz CT molecular complexity index is 1600. The van der Waals surface area contributed by atoms with E-state index in [9.17, 15) is 9.59 Å². The van der Waals surface area contributed by atoms with Crippen LogP contribution >= 0.6 is 0 Å². The molecule has 1 heterocycles. The van der Waals surface area contributed by atoms with Gasteiger partial charge in [-0.15, -0.1) is 5.10 Å². The number of aromatic nitrogens is 3. The highest BCUT2D eigenvalue weighted by Gasteiger charge is 2.36. The summed E-state index contributed by atoms with van der Waals surface area (Å²) in [4.78, 5) is 29.8. The molecule has 9 heteroatoms. The Balaban J connectivity index is 1.60. The number of anilines is 1. The second-order valence-corrected chi connectivity index (χ2v) is 9.02. The molecule has 1 N–H and O–H groups in total. The van der Waals surface area contributed by atoms with Gasteiger partial charge in [0.2, 0.25) is 11.8 Å². The normalized spacial score (nSPS) is 11.6. The van der Waals surface area contributed by atoms with Gasteiger partial charge in [0.1, 0.15) is 18.1 Å². The molecule has 0 radical (unpaired) electrons. The van der Waals surface area contributed by atoms with Crippen molar-refractivity contribution in [3.63, 3.8) is 0 Å². The molecule has 0 aliphatic carbocycles. The predicted octanol–water partition coefficient (Wildman–Crippen LogP) is 4.54. The van der Waals surface area contributed by atoms with Crippen molar-refractivity contribution < 1.29 is 19.1 Å². The van der Waals surface area contributed by atoms with Gasteiger partial charge in [0.25, 0.3) is 0 Å². The summed E-state index contributed by atoms with van der Waals surface area (Å²) in [6.45, 7) is 0.150. The lowest BCUT2D eigenvalue weighted by Crippen LogP contribution is -2.45. The van der Waals surface area contributed by atoms with E-state index < -0.39 is 6.04 Å². The van der Waals surface area contributed by atoms with E-state index in [1.54, 1.807) is 30.3 Å². The van der Waals surface area contributed by atoms with Gasteiger partial charge in [0.15, 0.2) is 11.5 Å². The Kier molecular flexibility index (Phi) is 8.01. The van der Waals surface area contributed by atoms with Gasteiger partial charge in [-0.2, -0.15) is 0 Å². The molecule has 0 spiro atoms. The van der Waals surface area contributed by atoms with E-state index in [0.717, 1.165) is 5.56 Å². The fraction of sp³-hybridized carbons (Fsp3) is 0.161. The second-order valence-electron chi connectivity index (χ2n) is 9.02. The van der Waals surface area contributed by atoms with E-state index >= 15 is 0 Å². The SMILES string of the molecule is COc1cccc(C(C(=O)NCc2ccccc2)N(C(=O)Cn2nnc3ccccc32)c2ccccc2)c1OC. The molecule has 40 heavy (non-hydrogen) atoms. The van der Waals surface area contributed by atoms with E-state index in [-0.39, 0.29) is 24.9 Å². The molecule has 0 saturated heterocycles. The lowest BCUT2D eigenvalue weighted by Gasteiger charge is -2.32. The fourth-order valence-electron chi connectivity index (χ4n) is 4.67. The van der Waals surface area contributed by atoms with Crippen LogP contribution in [0.3, 0.4) is 0 Å². The van der Waals surface area contributed by atoms with Crippen molar-refractivity contribution >= 4 is 28.5 Å². The van der Waals surface area contributed by atoms with Crippen LogP contribution in [0.5, 0.6) is 11.5 Å². The minimum Gasteiger partial charge on any atom is -0.493 e. The van der Waals surface area contributed by atoms with Gasteiger partial charge < -0.3 is 14.8 Å². The van der Waals surface area contributed by atoms with Gasteiger partial charge >= 0.3 is 0 Å². The number of para-hydroxylation sites is 3. The smallest absolute Gasteiger partial charge is 0.249 e. The molecular formula is C31H29N5O4. The molecule has 4 aromatic carbocycles. The summed E-state index contributed by atoms with van der Waals surface area (Å²) in [6.07, 6.45) is 0. The van der Waals surface area contributed by atoms with E-state index in [2.05, 4.69) is 15.6 Å². The van der Waals surface area contributed by atoms with Gasteiger partial charge in [-0.1, -0.05) is 78.0 Å². The van der Waals surface area contributed by atoms with Crippen LogP contribution in [-0.2, 0) is 22.7 Å². The van der Waals surface area contributed by atoms with Crippen LogP contribution < -0.4 is 19.7 Å². The third-order valence-electron chi connectivity index (χ3n) is 6.55. The van der Waals surface area contributed by atoms with E-state index in [1.165, 1.54) is 23.8 Å². The van der Waals surface area contributed by atoms with Crippen molar-refractivity contribution in [2.45, 2.75) is 19.1 Å².